The van der Waals surface area contributed by atoms with Gasteiger partial charge in [-0.2, -0.15) is 0 Å². The Labute approximate surface area is 91.8 Å². The van der Waals surface area contributed by atoms with Gasteiger partial charge in [0, 0.05) is 17.2 Å². The van der Waals surface area contributed by atoms with Crippen LogP contribution in [0.3, 0.4) is 0 Å². The molecule has 0 spiro atoms. The highest BCUT2D eigenvalue weighted by atomic mass is 19.1. The fraction of sp³-hybridized carbons (Fsp3) is 0.400. The molecule has 1 aromatic carbocycles. The van der Waals surface area contributed by atoms with Gasteiger partial charge in [0.15, 0.2) is 11.6 Å². The first-order valence-corrected chi connectivity index (χ1v) is 4.65. The molecular formula is C10H13FN2O3. The summed E-state index contributed by atoms with van der Waals surface area (Å²) in [6.07, 6.45) is 0.150. The predicted octanol–water partition coefficient (Wildman–Crippen LogP) is 1.72. The number of nitrogens with zero attached hydrogens (tertiary/aromatic N) is 1. The number of nitro benzene ring substituents is 1. The Morgan fingerprint density at radius 3 is 2.56 bits per heavy atom. The van der Waals surface area contributed by atoms with Crippen molar-refractivity contribution in [3.8, 4) is 5.75 Å². The van der Waals surface area contributed by atoms with Crippen LogP contribution in [0.1, 0.15) is 19.4 Å². The molecule has 0 radical (unpaired) electrons. The van der Waals surface area contributed by atoms with Crippen LogP contribution in [0.15, 0.2) is 12.1 Å². The molecule has 0 amide bonds. The number of benzene rings is 1. The van der Waals surface area contributed by atoms with Crippen LogP contribution in [0.5, 0.6) is 5.75 Å². The summed E-state index contributed by atoms with van der Waals surface area (Å²) in [4.78, 5) is 9.80. The fourth-order valence-electron chi connectivity index (χ4n) is 1.37. The number of halogens is 1. The average Bonchev–Trinajstić information content (AvgIpc) is 2.10. The molecule has 0 unspecified atom stereocenters. The zero-order chi connectivity index (χ0) is 12.5. The second kappa shape index (κ2) is 4.05. The van der Waals surface area contributed by atoms with Crippen LogP contribution < -0.4 is 5.73 Å². The first-order chi connectivity index (χ1) is 7.20. The van der Waals surface area contributed by atoms with Gasteiger partial charge in [-0.05, 0) is 20.3 Å². The van der Waals surface area contributed by atoms with E-state index >= 15 is 0 Å². The van der Waals surface area contributed by atoms with Gasteiger partial charge in [0.05, 0.1) is 11.0 Å². The Hall–Kier alpha value is -1.69. The summed E-state index contributed by atoms with van der Waals surface area (Å²) in [5.74, 6) is -1.59. The number of phenols is 1. The molecule has 0 aliphatic carbocycles. The van der Waals surface area contributed by atoms with E-state index in [1.807, 2.05) is 0 Å². The van der Waals surface area contributed by atoms with Crippen LogP contribution >= 0.6 is 0 Å². The summed E-state index contributed by atoms with van der Waals surface area (Å²) >= 11 is 0. The Morgan fingerprint density at radius 2 is 2.12 bits per heavy atom. The Kier molecular flexibility index (Phi) is 3.14. The summed E-state index contributed by atoms with van der Waals surface area (Å²) < 4.78 is 13.2. The first kappa shape index (κ1) is 12.4. The van der Waals surface area contributed by atoms with Gasteiger partial charge < -0.3 is 10.8 Å². The van der Waals surface area contributed by atoms with Crippen molar-refractivity contribution in [1.82, 2.24) is 0 Å². The van der Waals surface area contributed by atoms with Crippen molar-refractivity contribution in [1.29, 1.82) is 0 Å². The molecule has 0 aliphatic heterocycles. The standard InChI is InChI=1S/C10H13FN2O3/c1-10(2,12)5-6-3-7(13(15)16)4-8(11)9(6)14/h3-4,14H,5,12H2,1-2H3. The minimum Gasteiger partial charge on any atom is -0.505 e. The normalized spacial score (nSPS) is 11.5. The predicted molar refractivity (Wildman–Crippen MR) is 56.7 cm³/mol. The maximum atomic E-state index is 13.2. The highest BCUT2D eigenvalue weighted by molar-refractivity contribution is 5.44. The van der Waals surface area contributed by atoms with Crippen LogP contribution in [-0.2, 0) is 6.42 Å². The zero-order valence-corrected chi connectivity index (χ0v) is 9.03. The van der Waals surface area contributed by atoms with E-state index in [9.17, 15) is 19.6 Å². The molecule has 0 fully saturated rings. The second-order valence-electron chi connectivity index (χ2n) is 4.36. The van der Waals surface area contributed by atoms with Gasteiger partial charge in [0.1, 0.15) is 0 Å². The van der Waals surface area contributed by atoms with Crippen molar-refractivity contribution in [3.05, 3.63) is 33.6 Å². The van der Waals surface area contributed by atoms with E-state index in [0.717, 1.165) is 6.07 Å². The molecule has 0 atom stereocenters. The van der Waals surface area contributed by atoms with E-state index in [1.165, 1.54) is 0 Å². The summed E-state index contributed by atoms with van der Waals surface area (Å²) in [7, 11) is 0. The Balaban J connectivity index is 3.22. The number of hydrogen-bond donors (Lipinski definition) is 2. The number of phenolic OH excluding ortho intramolecular Hbond substituents is 1. The van der Waals surface area contributed by atoms with Crippen LogP contribution in [0.4, 0.5) is 10.1 Å². The van der Waals surface area contributed by atoms with Crippen LogP contribution in [-0.4, -0.2) is 15.6 Å². The molecule has 1 rings (SSSR count). The topological polar surface area (TPSA) is 89.4 Å². The maximum absolute atomic E-state index is 13.2. The fourth-order valence-corrected chi connectivity index (χ4v) is 1.37. The lowest BCUT2D eigenvalue weighted by Gasteiger charge is -2.18. The van der Waals surface area contributed by atoms with E-state index in [1.54, 1.807) is 13.8 Å². The van der Waals surface area contributed by atoms with E-state index < -0.39 is 27.7 Å². The minimum absolute atomic E-state index is 0.138. The summed E-state index contributed by atoms with van der Waals surface area (Å²) in [5.41, 5.74) is 4.77. The van der Waals surface area contributed by atoms with Crippen molar-refractivity contribution in [2.24, 2.45) is 5.73 Å². The van der Waals surface area contributed by atoms with Gasteiger partial charge in [0.2, 0.25) is 0 Å². The van der Waals surface area contributed by atoms with Crippen LogP contribution in [0.25, 0.3) is 0 Å². The van der Waals surface area contributed by atoms with E-state index in [0.29, 0.717) is 6.07 Å². The minimum atomic E-state index is -1.01. The zero-order valence-electron chi connectivity index (χ0n) is 9.03. The summed E-state index contributed by atoms with van der Waals surface area (Å²) in [6.45, 7) is 3.37. The average molecular weight is 228 g/mol. The number of nitro groups is 1. The number of aromatic hydroxyl groups is 1. The maximum Gasteiger partial charge on any atom is 0.272 e. The van der Waals surface area contributed by atoms with E-state index in [4.69, 9.17) is 5.73 Å². The molecular weight excluding hydrogens is 215 g/mol. The molecule has 0 heterocycles. The number of hydrogen-bond acceptors (Lipinski definition) is 4. The lowest BCUT2D eigenvalue weighted by Crippen LogP contribution is -2.34. The molecule has 5 nitrogen and oxygen atoms in total. The Morgan fingerprint density at radius 1 is 1.56 bits per heavy atom. The van der Waals surface area contributed by atoms with Crippen molar-refractivity contribution in [2.75, 3.05) is 0 Å². The third-order valence-corrected chi connectivity index (χ3v) is 1.98. The molecule has 0 aromatic heterocycles. The number of nitrogens with two attached hydrogens (primary N) is 1. The van der Waals surface area contributed by atoms with Gasteiger partial charge in [-0.1, -0.05) is 0 Å². The highest BCUT2D eigenvalue weighted by Crippen LogP contribution is 2.29. The number of rotatable bonds is 3. The molecule has 16 heavy (non-hydrogen) atoms. The third kappa shape index (κ3) is 2.90. The van der Waals surface area contributed by atoms with Crippen molar-refractivity contribution in [2.45, 2.75) is 25.8 Å². The smallest absolute Gasteiger partial charge is 0.272 e. The summed E-state index contributed by atoms with van der Waals surface area (Å²) in [6, 6.07) is 1.81. The monoisotopic (exact) mass is 228 g/mol. The van der Waals surface area contributed by atoms with Gasteiger partial charge in [0.25, 0.3) is 5.69 Å². The highest BCUT2D eigenvalue weighted by Gasteiger charge is 2.20. The third-order valence-electron chi connectivity index (χ3n) is 1.98. The number of non-ortho nitro benzene ring substituents is 1. The van der Waals surface area contributed by atoms with Crippen molar-refractivity contribution >= 4 is 5.69 Å². The van der Waals surface area contributed by atoms with Crippen LogP contribution in [0.2, 0.25) is 0 Å². The van der Waals surface area contributed by atoms with Gasteiger partial charge in [-0.3, -0.25) is 10.1 Å². The van der Waals surface area contributed by atoms with Gasteiger partial charge in [-0.15, -0.1) is 0 Å². The lowest BCUT2D eigenvalue weighted by atomic mass is 9.95. The molecule has 0 saturated carbocycles. The molecule has 6 heteroatoms. The molecule has 3 N–H and O–H groups in total. The molecule has 1 aromatic rings. The first-order valence-electron chi connectivity index (χ1n) is 4.65. The van der Waals surface area contributed by atoms with E-state index in [-0.39, 0.29) is 12.0 Å². The molecule has 0 aliphatic rings. The molecule has 0 saturated heterocycles. The van der Waals surface area contributed by atoms with E-state index in [2.05, 4.69) is 0 Å². The Bertz CT molecular complexity index is 427. The SMILES string of the molecule is CC(C)(N)Cc1cc([N+](=O)[O-])cc(F)c1O. The second-order valence-corrected chi connectivity index (χ2v) is 4.36. The molecule has 0 bridgehead atoms. The lowest BCUT2D eigenvalue weighted by molar-refractivity contribution is -0.385. The largest absolute Gasteiger partial charge is 0.505 e. The quantitative estimate of drug-likeness (QED) is 0.608. The van der Waals surface area contributed by atoms with Crippen molar-refractivity contribution < 1.29 is 14.4 Å². The molecule has 88 valence electrons. The summed E-state index contributed by atoms with van der Waals surface area (Å²) in [5, 5.41) is 19.9. The van der Waals surface area contributed by atoms with Gasteiger partial charge in [-0.25, -0.2) is 4.39 Å². The van der Waals surface area contributed by atoms with Gasteiger partial charge >= 0.3 is 0 Å². The van der Waals surface area contributed by atoms with Crippen molar-refractivity contribution in [3.63, 3.8) is 0 Å². The van der Waals surface area contributed by atoms with Crippen LogP contribution in [0, 0.1) is 15.9 Å².